The van der Waals surface area contributed by atoms with E-state index >= 15 is 0 Å². The van der Waals surface area contributed by atoms with Crippen molar-refractivity contribution >= 4 is 17.7 Å². The van der Waals surface area contributed by atoms with Crippen LogP contribution < -0.4 is 16.0 Å². The van der Waals surface area contributed by atoms with Gasteiger partial charge in [0.1, 0.15) is 30.5 Å². The molecule has 1 aliphatic carbocycles. The molecule has 1 heterocycles. The Balaban J connectivity index is 1.95. The van der Waals surface area contributed by atoms with Gasteiger partial charge in [-0.2, -0.15) is 0 Å². The second kappa shape index (κ2) is 18.7. The smallest absolute Gasteiger partial charge is 0.266 e. The summed E-state index contributed by atoms with van der Waals surface area (Å²) < 4.78 is 21.8. The Kier molecular flexibility index (Phi) is 16.2. The first-order chi connectivity index (χ1) is 20.4. The molecule has 1 saturated carbocycles. The zero-order valence-electron chi connectivity index (χ0n) is 24.4. The first-order valence-corrected chi connectivity index (χ1v) is 14.4. The van der Waals surface area contributed by atoms with E-state index in [1.165, 1.54) is 6.92 Å². The van der Waals surface area contributed by atoms with E-state index in [4.69, 9.17) is 24.4 Å². The number of carbonyl (C=O) groups excluding carboxylic acids is 3. The molecule has 6 unspecified atom stereocenters. The predicted molar refractivity (Wildman–Crippen MR) is 144 cm³/mol. The molecule has 3 amide bonds. The third kappa shape index (κ3) is 11.8. The van der Waals surface area contributed by atoms with Crippen molar-refractivity contribution in [1.29, 1.82) is 0 Å². The van der Waals surface area contributed by atoms with Crippen molar-refractivity contribution in [3.05, 3.63) is 0 Å². The lowest BCUT2D eigenvalue weighted by atomic mass is 9.79. The number of aliphatic hydroxyl groups is 7. The highest BCUT2D eigenvalue weighted by atomic mass is 16.8. The Hall–Kier alpha value is -2.03. The molecular formula is C26H47N3O14. The molecule has 10 atom stereocenters. The van der Waals surface area contributed by atoms with Gasteiger partial charge in [-0.1, -0.05) is 0 Å². The van der Waals surface area contributed by atoms with Crippen LogP contribution in [-0.4, -0.2) is 148 Å². The third-order valence-corrected chi connectivity index (χ3v) is 7.39. The molecule has 0 aromatic carbocycles. The van der Waals surface area contributed by atoms with Gasteiger partial charge in [-0.25, -0.2) is 0 Å². The van der Waals surface area contributed by atoms with Crippen LogP contribution in [0.15, 0.2) is 0 Å². The monoisotopic (exact) mass is 625 g/mol. The van der Waals surface area contributed by atoms with Crippen molar-refractivity contribution in [3.63, 3.8) is 0 Å². The third-order valence-electron chi connectivity index (χ3n) is 7.39. The number of amides is 3. The molecule has 0 bridgehead atoms. The second-order valence-corrected chi connectivity index (χ2v) is 10.7. The minimum Gasteiger partial charge on any atom is -0.396 e. The van der Waals surface area contributed by atoms with Gasteiger partial charge >= 0.3 is 0 Å². The summed E-state index contributed by atoms with van der Waals surface area (Å²) in [4.78, 5) is 35.2. The Labute approximate surface area is 249 Å². The van der Waals surface area contributed by atoms with Gasteiger partial charge in [-0.15, -0.1) is 0 Å². The molecule has 0 aromatic rings. The highest BCUT2D eigenvalue weighted by molar-refractivity contribution is 5.76. The summed E-state index contributed by atoms with van der Waals surface area (Å²) in [5.74, 6) is -1.49. The van der Waals surface area contributed by atoms with E-state index in [2.05, 4.69) is 20.7 Å². The van der Waals surface area contributed by atoms with Gasteiger partial charge in [-0.05, 0) is 25.7 Å². The van der Waals surface area contributed by atoms with E-state index in [0.29, 0.717) is 32.2 Å². The lowest BCUT2D eigenvalue weighted by Gasteiger charge is -2.47. The van der Waals surface area contributed by atoms with E-state index in [0.717, 1.165) is 0 Å². The maximum Gasteiger partial charge on any atom is 0.266 e. The number of unbranched alkanes of at least 4 members (excludes halogenated alkanes) is 1. The molecule has 1 aliphatic heterocycles. The molecule has 43 heavy (non-hydrogen) atoms. The summed E-state index contributed by atoms with van der Waals surface area (Å²) in [6.45, 7) is -1.54. The minimum atomic E-state index is -2.18. The Morgan fingerprint density at radius 3 is 2.23 bits per heavy atom. The van der Waals surface area contributed by atoms with E-state index in [-0.39, 0.29) is 31.3 Å². The van der Waals surface area contributed by atoms with Gasteiger partial charge in [0.2, 0.25) is 17.7 Å². The molecule has 2 rings (SSSR count). The maximum absolute atomic E-state index is 12.0. The standard InChI is InChI=1S/C26H47N3O14/c1-13(31)29-19-15(40-9-5-8-28-18(33)7-4-3-6-17(32)27-2)10-14(11-30)24(21(19)35)43-25-23(37)22(36)20(34)16(42-25)12-41-26(38)39/h14-16,19-26,30,34-39H,3-12H2,1-2H3,(H,27,32)(H,28,33)(H,29,31)/t14?,15-,16?,19?,20+,21?,22?,23?,24-,25+/m1/s1. The molecule has 2 fully saturated rings. The molecule has 1 saturated heterocycles. The molecule has 17 heteroatoms. The zero-order valence-corrected chi connectivity index (χ0v) is 24.4. The van der Waals surface area contributed by atoms with Crippen molar-refractivity contribution in [1.82, 2.24) is 16.0 Å². The summed E-state index contributed by atoms with van der Waals surface area (Å²) in [6.07, 6.45) is -9.31. The van der Waals surface area contributed by atoms with Gasteiger partial charge in [-0.3, -0.25) is 14.4 Å². The fourth-order valence-corrected chi connectivity index (χ4v) is 5.06. The average molecular weight is 626 g/mol. The van der Waals surface area contributed by atoms with E-state index in [9.17, 15) is 39.9 Å². The van der Waals surface area contributed by atoms with Crippen LogP contribution in [0.25, 0.3) is 0 Å². The second-order valence-electron chi connectivity index (χ2n) is 10.7. The van der Waals surface area contributed by atoms with E-state index < -0.39 is 86.6 Å². The van der Waals surface area contributed by atoms with Crippen LogP contribution in [0.3, 0.4) is 0 Å². The number of hydrogen-bond acceptors (Lipinski definition) is 14. The van der Waals surface area contributed by atoms with Crippen molar-refractivity contribution in [3.8, 4) is 0 Å². The molecule has 0 spiro atoms. The number of carbonyl (C=O) groups is 3. The summed E-state index contributed by atoms with van der Waals surface area (Å²) in [5.41, 5.74) is 0. The summed E-state index contributed by atoms with van der Waals surface area (Å²) in [5, 5.41) is 78.0. The van der Waals surface area contributed by atoms with Gasteiger partial charge < -0.3 is 70.6 Å². The van der Waals surface area contributed by atoms with Gasteiger partial charge in [0.15, 0.2) is 6.29 Å². The van der Waals surface area contributed by atoms with Crippen molar-refractivity contribution in [2.24, 2.45) is 5.92 Å². The molecule has 10 N–H and O–H groups in total. The van der Waals surface area contributed by atoms with Gasteiger partial charge in [0.05, 0.1) is 24.9 Å². The molecule has 250 valence electrons. The fraction of sp³-hybridized carbons (Fsp3) is 0.885. The van der Waals surface area contributed by atoms with Crippen LogP contribution in [-0.2, 0) is 33.3 Å². The van der Waals surface area contributed by atoms with E-state index in [1.54, 1.807) is 7.05 Å². The van der Waals surface area contributed by atoms with Crippen LogP contribution in [0.4, 0.5) is 0 Å². The number of nitrogens with one attached hydrogen (secondary N) is 3. The van der Waals surface area contributed by atoms with Crippen molar-refractivity contribution in [2.45, 2.75) is 107 Å². The minimum absolute atomic E-state index is 0.0812. The highest BCUT2D eigenvalue weighted by Gasteiger charge is 2.50. The first kappa shape index (κ1) is 37.2. The van der Waals surface area contributed by atoms with Crippen LogP contribution in [0.2, 0.25) is 0 Å². The zero-order chi connectivity index (χ0) is 32.1. The summed E-state index contributed by atoms with van der Waals surface area (Å²) in [6, 6.07) is -1.000. The Morgan fingerprint density at radius 1 is 0.953 bits per heavy atom. The normalized spacial score (nSPS) is 32.8. The van der Waals surface area contributed by atoms with E-state index in [1.807, 2.05) is 0 Å². The topological polar surface area (TPSA) is 266 Å². The maximum atomic E-state index is 12.0. The average Bonchev–Trinajstić information content (AvgIpc) is 2.96. The molecule has 0 radical (unpaired) electrons. The number of ether oxygens (including phenoxy) is 4. The number of hydrogen-bond donors (Lipinski definition) is 10. The summed E-state index contributed by atoms with van der Waals surface area (Å²) in [7, 11) is 1.55. The molecule has 0 aromatic heterocycles. The molecule has 17 nitrogen and oxygen atoms in total. The molecular weight excluding hydrogens is 578 g/mol. The SMILES string of the molecule is CNC(=O)CCCCC(=O)NCCCO[C@@H]1CC(CO)[C@@H](O[C@@H]2OC(COC(O)O)[C@H](O)C(O)C2O)C(O)C1NC(C)=O. The number of aliphatic hydroxyl groups excluding tert-OH is 6. The Morgan fingerprint density at radius 2 is 1.63 bits per heavy atom. The Bertz CT molecular complexity index is 867. The van der Waals surface area contributed by atoms with Crippen LogP contribution in [0.1, 0.15) is 45.4 Å². The lowest BCUT2D eigenvalue weighted by Crippen LogP contribution is -2.65. The van der Waals surface area contributed by atoms with Crippen molar-refractivity contribution in [2.75, 3.05) is 33.4 Å². The largest absolute Gasteiger partial charge is 0.396 e. The van der Waals surface area contributed by atoms with Gasteiger partial charge in [0.25, 0.3) is 6.48 Å². The van der Waals surface area contributed by atoms with Crippen LogP contribution in [0, 0.1) is 5.92 Å². The fourth-order valence-electron chi connectivity index (χ4n) is 5.06. The predicted octanol–water partition coefficient (Wildman–Crippen LogP) is -4.46. The summed E-state index contributed by atoms with van der Waals surface area (Å²) >= 11 is 0. The first-order valence-electron chi connectivity index (χ1n) is 14.4. The number of rotatable bonds is 17. The highest BCUT2D eigenvalue weighted by Crippen LogP contribution is 2.33. The lowest BCUT2D eigenvalue weighted by molar-refractivity contribution is -0.338. The van der Waals surface area contributed by atoms with Crippen LogP contribution >= 0.6 is 0 Å². The van der Waals surface area contributed by atoms with Crippen molar-refractivity contribution < 1.29 is 69.1 Å². The van der Waals surface area contributed by atoms with Gasteiger partial charge in [0, 0.05) is 52.5 Å². The van der Waals surface area contributed by atoms with Crippen LogP contribution in [0.5, 0.6) is 0 Å². The quantitative estimate of drug-likeness (QED) is 0.0540. The molecule has 2 aliphatic rings.